The average molecular weight is 218 g/mol. The number of aliphatic carboxylic acids is 1. The third-order valence-corrected chi connectivity index (χ3v) is 2.86. The van der Waals surface area contributed by atoms with Gasteiger partial charge in [0.2, 0.25) is 0 Å². The fourth-order valence-corrected chi connectivity index (χ4v) is 1.87. The van der Waals surface area contributed by atoms with E-state index in [0.717, 1.165) is 5.56 Å². The summed E-state index contributed by atoms with van der Waals surface area (Å²) < 4.78 is 5.22. The van der Waals surface area contributed by atoms with Crippen LogP contribution in [-0.2, 0) is 14.9 Å². The van der Waals surface area contributed by atoms with Crippen LogP contribution in [0.1, 0.15) is 11.1 Å². The largest absolute Gasteiger partial charge is 0.478 e. The van der Waals surface area contributed by atoms with Crippen LogP contribution in [0.15, 0.2) is 36.4 Å². The number of aryl methyl sites for hydroxylation is 1. The lowest BCUT2D eigenvalue weighted by molar-refractivity contribution is -0.131. The van der Waals surface area contributed by atoms with Crippen molar-refractivity contribution in [1.82, 2.24) is 0 Å². The molecule has 1 aliphatic rings. The van der Waals surface area contributed by atoms with Crippen molar-refractivity contribution < 1.29 is 14.6 Å². The Labute approximate surface area is 94.4 Å². The highest BCUT2D eigenvalue weighted by Crippen LogP contribution is 2.34. The maximum Gasteiger partial charge on any atom is 0.328 e. The first-order valence-electron chi connectivity index (χ1n) is 5.19. The molecule has 1 aliphatic heterocycles. The van der Waals surface area contributed by atoms with E-state index in [9.17, 15) is 4.79 Å². The molecule has 0 spiro atoms. The second-order valence-corrected chi connectivity index (χ2v) is 4.19. The number of carboxylic acids is 1. The van der Waals surface area contributed by atoms with Crippen molar-refractivity contribution in [2.24, 2.45) is 0 Å². The van der Waals surface area contributed by atoms with E-state index in [1.165, 1.54) is 11.6 Å². The lowest BCUT2D eigenvalue weighted by atomic mass is 9.78. The van der Waals surface area contributed by atoms with Crippen LogP contribution in [0.5, 0.6) is 0 Å². The highest BCUT2D eigenvalue weighted by atomic mass is 16.5. The molecule has 0 bridgehead atoms. The SMILES string of the molecule is Cc1cccc(C2(/C=C/C(=O)O)COC2)c1. The molecule has 3 heteroatoms. The summed E-state index contributed by atoms with van der Waals surface area (Å²) in [5.74, 6) is -0.918. The summed E-state index contributed by atoms with van der Waals surface area (Å²) in [7, 11) is 0. The molecule has 1 heterocycles. The van der Waals surface area contributed by atoms with Gasteiger partial charge in [-0.1, -0.05) is 35.9 Å². The number of hydrogen-bond acceptors (Lipinski definition) is 2. The highest BCUT2D eigenvalue weighted by Gasteiger charge is 2.37. The lowest BCUT2D eigenvalue weighted by Gasteiger charge is -2.39. The van der Waals surface area contributed by atoms with E-state index < -0.39 is 5.97 Å². The third-order valence-electron chi connectivity index (χ3n) is 2.86. The molecule has 1 fully saturated rings. The van der Waals surface area contributed by atoms with Crippen LogP contribution in [0.4, 0.5) is 0 Å². The molecule has 3 nitrogen and oxygen atoms in total. The van der Waals surface area contributed by atoms with Crippen molar-refractivity contribution in [2.75, 3.05) is 13.2 Å². The van der Waals surface area contributed by atoms with Crippen LogP contribution in [-0.4, -0.2) is 24.3 Å². The Bertz CT molecular complexity index is 431. The standard InChI is InChI=1S/C13H14O3/c1-10-3-2-4-11(7-10)13(8-16-9-13)6-5-12(14)15/h2-7H,8-9H2,1H3,(H,14,15)/b6-5+. The van der Waals surface area contributed by atoms with Gasteiger partial charge in [-0.15, -0.1) is 0 Å². The van der Waals surface area contributed by atoms with Gasteiger partial charge in [-0.05, 0) is 12.5 Å². The molecule has 0 atom stereocenters. The second-order valence-electron chi connectivity index (χ2n) is 4.19. The van der Waals surface area contributed by atoms with Crippen LogP contribution in [0, 0.1) is 6.92 Å². The first kappa shape index (κ1) is 10.9. The zero-order valence-electron chi connectivity index (χ0n) is 9.14. The van der Waals surface area contributed by atoms with E-state index in [2.05, 4.69) is 6.07 Å². The zero-order chi connectivity index (χ0) is 11.6. The highest BCUT2D eigenvalue weighted by molar-refractivity contribution is 5.80. The minimum atomic E-state index is -0.918. The van der Waals surface area contributed by atoms with Crippen molar-refractivity contribution in [3.8, 4) is 0 Å². The van der Waals surface area contributed by atoms with Gasteiger partial charge >= 0.3 is 5.97 Å². The van der Waals surface area contributed by atoms with Crippen LogP contribution in [0.2, 0.25) is 0 Å². The second kappa shape index (κ2) is 4.10. The van der Waals surface area contributed by atoms with Crippen molar-refractivity contribution in [3.05, 3.63) is 47.5 Å². The molecule has 1 aromatic rings. The lowest BCUT2D eigenvalue weighted by Crippen LogP contribution is -2.45. The van der Waals surface area contributed by atoms with Gasteiger partial charge in [0.15, 0.2) is 0 Å². The monoisotopic (exact) mass is 218 g/mol. The Morgan fingerprint density at radius 3 is 2.75 bits per heavy atom. The Morgan fingerprint density at radius 1 is 1.50 bits per heavy atom. The Hall–Kier alpha value is -1.61. The quantitative estimate of drug-likeness (QED) is 0.788. The van der Waals surface area contributed by atoms with Gasteiger partial charge < -0.3 is 9.84 Å². The number of rotatable bonds is 3. The molecule has 1 N–H and O–H groups in total. The first-order valence-corrected chi connectivity index (χ1v) is 5.19. The molecular formula is C13H14O3. The summed E-state index contributed by atoms with van der Waals surface area (Å²) in [6, 6.07) is 8.10. The summed E-state index contributed by atoms with van der Waals surface area (Å²) >= 11 is 0. The fourth-order valence-electron chi connectivity index (χ4n) is 1.87. The molecule has 0 amide bonds. The van der Waals surface area contributed by atoms with Crippen LogP contribution in [0.25, 0.3) is 0 Å². The van der Waals surface area contributed by atoms with Gasteiger partial charge in [0.05, 0.1) is 18.6 Å². The zero-order valence-corrected chi connectivity index (χ0v) is 9.14. The van der Waals surface area contributed by atoms with Crippen molar-refractivity contribution in [2.45, 2.75) is 12.3 Å². The molecule has 2 rings (SSSR count). The smallest absolute Gasteiger partial charge is 0.328 e. The summed E-state index contributed by atoms with van der Waals surface area (Å²) in [6.45, 7) is 3.14. The molecule has 84 valence electrons. The number of carbonyl (C=O) groups is 1. The summed E-state index contributed by atoms with van der Waals surface area (Å²) in [5.41, 5.74) is 2.05. The average Bonchev–Trinajstić information content (AvgIpc) is 2.15. The van der Waals surface area contributed by atoms with Gasteiger partial charge in [-0.25, -0.2) is 4.79 Å². The van der Waals surface area contributed by atoms with E-state index in [1.54, 1.807) is 6.08 Å². The number of benzene rings is 1. The minimum absolute atomic E-state index is 0.246. The Balaban J connectivity index is 2.31. The Morgan fingerprint density at radius 2 is 2.25 bits per heavy atom. The molecule has 0 aliphatic carbocycles. The molecule has 1 saturated heterocycles. The first-order chi connectivity index (χ1) is 7.62. The molecule has 0 saturated carbocycles. The summed E-state index contributed by atoms with van der Waals surface area (Å²) in [6.07, 6.45) is 2.93. The normalized spacial score (nSPS) is 18.3. The summed E-state index contributed by atoms with van der Waals surface area (Å²) in [5, 5.41) is 8.67. The van der Waals surface area contributed by atoms with E-state index >= 15 is 0 Å². The van der Waals surface area contributed by atoms with Crippen molar-refractivity contribution >= 4 is 5.97 Å². The van der Waals surface area contributed by atoms with Gasteiger partial charge in [0.25, 0.3) is 0 Å². The third kappa shape index (κ3) is 1.99. The molecule has 0 unspecified atom stereocenters. The van der Waals surface area contributed by atoms with E-state index in [4.69, 9.17) is 9.84 Å². The van der Waals surface area contributed by atoms with Gasteiger partial charge in [0, 0.05) is 6.08 Å². The Kier molecular flexibility index (Phi) is 2.79. The van der Waals surface area contributed by atoms with E-state index in [1.807, 2.05) is 25.1 Å². The van der Waals surface area contributed by atoms with Crippen molar-refractivity contribution in [1.29, 1.82) is 0 Å². The molecular weight excluding hydrogens is 204 g/mol. The predicted molar refractivity (Wildman–Crippen MR) is 60.5 cm³/mol. The molecule has 0 aromatic heterocycles. The van der Waals surface area contributed by atoms with E-state index in [-0.39, 0.29) is 5.41 Å². The van der Waals surface area contributed by atoms with Gasteiger partial charge in [-0.2, -0.15) is 0 Å². The van der Waals surface area contributed by atoms with Crippen LogP contribution >= 0.6 is 0 Å². The topological polar surface area (TPSA) is 46.5 Å². The van der Waals surface area contributed by atoms with Gasteiger partial charge in [-0.3, -0.25) is 0 Å². The minimum Gasteiger partial charge on any atom is -0.478 e. The summed E-state index contributed by atoms with van der Waals surface area (Å²) in [4.78, 5) is 10.6. The molecule has 0 radical (unpaired) electrons. The maximum atomic E-state index is 10.6. The number of ether oxygens (including phenoxy) is 1. The number of carboxylic acid groups (broad SMARTS) is 1. The van der Waals surface area contributed by atoms with Crippen molar-refractivity contribution in [3.63, 3.8) is 0 Å². The van der Waals surface area contributed by atoms with Gasteiger partial charge in [0.1, 0.15) is 0 Å². The molecule has 16 heavy (non-hydrogen) atoms. The van der Waals surface area contributed by atoms with Crippen LogP contribution < -0.4 is 0 Å². The number of hydrogen-bond donors (Lipinski definition) is 1. The fraction of sp³-hybridized carbons (Fsp3) is 0.308. The maximum absolute atomic E-state index is 10.6. The molecule has 1 aromatic carbocycles. The van der Waals surface area contributed by atoms with E-state index in [0.29, 0.717) is 13.2 Å². The predicted octanol–water partition coefficient (Wildman–Crippen LogP) is 1.90. The van der Waals surface area contributed by atoms with Crippen LogP contribution in [0.3, 0.4) is 0 Å².